The second-order valence-corrected chi connectivity index (χ2v) is 10.6. The van der Waals surface area contributed by atoms with E-state index in [0.717, 1.165) is 41.5 Å². The van der Waals surface area contributed by atoms with Crippen molar-refractivity contribution >= 4 is 11.5 Å². The van der Waals surface area contributed by atoms with Crippen molar-refractivity contribution in [3.63, 3.8) is 0 Å². The highest BCUT2D eigenvalue weighted by molar-refractivity contribution is 5.90. The first kappa shape index (κ1) is 27.1. The van der Waals surface area contributed by atoms with Crippen LogP contribution in [0.4, 0.5) is 0 Å². The van der Waals surface area contributed by atoms with E-state index in [1.807, 2.05) is 39.0 Å². The van der Waals surface area contributed by atoms with Crippen LogP contribution in [0, 0.1) is 12.8 Å². The van der Waals surface area contributed by atoms with Gasteiger partial charge in [0.25, 0.3) is 0 Å². The number of β-amino-alcohol motifs (C(OH)–C–C–N with tert-alkyl or cyclic N) is 1. The Labute approximate surface area is 210 Å². The molecule has 5 heteroatoms. The van der Waals surface area contributed by atoms with E-state index in [4.69, 9.17) is 4.74 Å². The molecule has 0 saturated heterocycles. The highest BCUT2D eigenvalue weighted by Crippen LogP contribution is 2.32. The number of nitrogens with one attached hydrogen (secondary N) is 1. The zero-order chi connectivity index (χ0) is 25.6. The average molecular weight is 480 g/mol. The number of allylic oxidation sites excluding steroid dienone is 1. The molecule has 0 saturated carbocycles. The van der Waals surface area contributed by atoms with Gasteiger partial charge in [-0.1, -0.05) is 55.0 Å². The van der Waals surface area contributed by atoms with Crippen molar-refractivity contribution in [3.05, 3.63) is 76.4 Å². The van der Waals surface area contributed by atoms with E-state index in [1.54, 1.807) is 0 Å². The minimum Gasteiger partial charge on any atom is -0.478 e. The minimum absolute atomic E-state index is 0.0827. The number of rotatable bonds is 12. The lowest BCUT2D eigenvalue weighted by atomic mass is 9.88. The monoisotopic (exact) mass is 479 g/mol. The van der Waals surface area contributed by atoms with Crippen LogP contribution >= 0.6 is 0 Å². The predicted octanol–water partition coefficient (Wildman–Crippen LogP) is 5.48. The van der Waals surface area contributed by atoms with Gasteiger partial charge in [-0.15, -0.1) is 0 Å². The number of hydrogen-bond acceptors (Lipinski definition) is 4. The SMILES string of the molecule is CC/C(=C\C(=O)O)c1ccc(C)cc1[C@@H](C)OC[C@@H](O)CNC(C)(C)CC1Cc2ccccc2C1. The zero-order valence-corrected chi connectivity index (χ0v) is 21.8. The number of carboxylic acids is 1. The maximum atomic E-state index is 11.3. The van der Waals surface area contributed by atoms with E-state index >= 15 is 0 Å². The largest absolute Gasteiger partial charge is 0.478 e. The molecule has 0 heterocycles. The van der Waals surface area contributed by atoms with Crippen LogP contribution in [-0.2, 0) is 22.4 Å². The first-order valence-electron chi connectivity index (χ1n) is 12.7. The third-order valence-electron chi connectivity index (χ3n) is 6.96. The Kier molecular flexibility index (Phi) is 9.28. The molecular weight excluding hydrogens is 438 g/mol. The Hall–Kier alpha value is -2.47. The summed E-state index contributed by atoms with van der Waals surface area (Å²) < 4.78 is 6.06. The summed E-state index contributed by atoms with van der Waals surface area (Å²) in [7, 11) is 0. The van der Waals surface area contributed by atoms with Gasteiger partial charge >= 0.3 is 5.97 Å². The highest BCUT2D eigenvalue weighted by Gasteiger charge is 2.28. The highest BCUT2D eigenvalue weighted by atomic mass is 16.5. The molecule has 2 atom stereocenters. The smallest absolute Gasteiger partial charge is 0.328 e. The maximum absolute atomic E-state index is 11.3. The van der Waals surface area contributed by atoms with Crippen LogP contribution in [0.2, 0.25) is 0 Å². The molecule has 0 unspecified atom stereocenters. The Balaban J connectivity index is 1.53. The first-order valence-corrected chi connectivity index (χ1v) is 12.7. The molecule has 0 aliphatic heterocycles. The van der Waals surface area contributed by atoms with Crippen molar-refractivity contribution in [1.29, 1.82) is 0 Å². The van der Waals surface area contributed by atoms with Crippen LogP contribution in [0.15, 0.2) is 48.5 Å². The van der Waals surface area contributed by atoms with E-state index in [1.165, 1.54) is 17.2 Å². The average Bonchev–Trinajstić information content (AvgIpc) is 3.21. The van der Waals surface area contributed by atoms with Crippen LogP contribution in [0.3, 0.4) is 0 Å². The summed E-state index contributed by atoms with van der Waals surface area (Å²) >= 11 is 0. The summed E-state index contributed by atoms with van der Waals surface area (Å²) in [5, 5.41) is 23.4. The van der Waals surface area contributed by atoms with Gasteiger partial charge in [-0.2, -0.15) is 0 Å². The molecule has 5 nitrogen and oxygen atoms in total. The quantitative estimate of drug-likeness (QED) is 0.351. The number of ether oxygens (including phenoxy) is 1. The van der Waals surface area contributed by atoms with Gasteiger partial charge in [0.15, 0.2) is 0 Å². The molecule has 2 aromatic rings. The van der Waals surface area contributed by atoms with Gasteiger partial charge in [-0.25, -0.2) is 4.79 Å². The fourth-order valence-electron chi connectivity index (χ4n) is 5.22. The number of aliphatic hydroxyl groups excluding tert-OH is 1. The lowest BCUT2D eigenvalue weighted by Crippen LogP contribution is -2.45. The van der Waals surface area contributed by atoms with Gasteiger partial charge < -0.3 is 20.3 Å². The molecule has 0 spiro atoms. The third-order valence-corrected chi connectivity index (χ3v) is 6.96. The molecule has 2 aromatic carbocycles. The van der Waals surface area contributed by atoms with E-state index in [9.17, 15) is 15.0 Å². The fraction of sp³-hybridized carbons (Fsp3) is 0.500. The van der Waals surface area contributed by atoms with Crippen LogP contribution in [-0.4, -0.2) is 41.0 Å². The molecule has 1 aliphatic carbocycles. The minimum atomic E-state index is -0.951. The molecule has 0 aromatic heterocycles. The summed E-state index contributed by atoms with van der Waals surface area (Å²) in [6, 6.07) is 14.7. The standard InChI is InChI=1S/C30H41NO4/c1-6-23(16-29(33)34)27-12-11-20(2)13-28(27)21(3)35-19-26(32)18-31-30(4,5)17-22-14-24-9-7-8-10-25(24)15-22/h7-13,16,21-22,26,31-32H,6,14-15,17-19H2,1-5H3,(H,33,34)/b23-16+/t21-,26+/m1/s1. The lowest BCUT2D eigenvalue weighted by molar-refractivity contribution is -0.131. The zero-order valence-electron chi connectivity index (χ0n) is 21.8. The summed E-state index contributed by atoms with van der Waals surface area (Å²) in [5.74, 6) is -0.331. The van der Waals surface area contributed by atoms with Crippen LogP contribution in [0.25, 0.3) is 5.57 Å². The number of aliphatic hydroxyl groups is 1. The van der Waals surface area contributed by atoms with Gasteiger partial charge in [-0.05, 0) is 87.1 Å². The van der Waals surface area contributed by atoms with Crippen molar-refractivity contribution in [2.24, 2.45) is 5.92 Å². The second-order valence-electron chi connectivity index (χ2n) is 10.6. The molecule has 3 rings (SSSR count). The van der Waals surface area contributed by atoms with Crippen molar-refractivity contribution in [2.75, 3.05) is 13.2 Å². The van der Waals surface area contributed by atoms with Crippen LogP contribution < -0.4 is 5.32 Å². The van der Waals surface area contributed by atoms with Crippen molar-refractivity contribution in [2.45, 2.75) is 78.0 Å². The molecule has 0 bridgehead atoms. The van der Waals surface area contributed by atoms with Crippen molar-refractivity contribution < 1.29 is 19.7 Å². The van der Waals surface area contributed by atoms with E-state index in [2.05, 4.69) is 43.4 Å². The molecule has 35 heavy (non-hydrogen) atoms. The Morgan fingerprint density at radius 2 is 1.86 bits per heavy atom. The summed E-state index contributed by atoms with van der Waals surface area (Å²) in [4.78, 5) is 11.3. The van der Waals surface area contributed by atoms with Gasteiger partial charge in [0.2, 0.25) is 0 Å². The van der Waals surface area contributed by atoms with Crippen LogP contribution in [0.1, 0.15) is 74.5 Å². The number of hydrogen-bond donors (Lipinski definition) is 3. The first-order chi connectivity index (χ1) is 16.6. The van der Waals surface area contributed by atoms with Gasteiger partial charge in [0.1, 0.15) is 0 Å². The molecule has 0 fully saturated rings. The van der Waals surface area contributed by atoms with Crippen molar-refractivity contribution in [1.82, 2.24) is 5.32 Å². The Morgan fingerprint density at radius 3 is 2.46 bits per heavy atom. The normalized spacial score (nSPS) is 16.2. The Bertz CT molecular complexity index is 1020. The molecule has 3 N–H and O–H groups in total. The number of carbonyl (C=O) groups is 1. The topological polar surface area (TPSA) is 78.8 Å². The number of aliphatic carboxylic acids is 1. The fourth-order valence-corrected chi connectivity index (χ4v) is 5.22. The Morgan fingerprint density at radius 1 is 1.20 bits per heavy atom. The third kappa shape index (κ3) is 7.76. The summed E-state index contributed by atoms with van der Waals surface area (Å²) in [6.45, 7) is 11.0. The van der Waals surface area contributed by atoms with Gasteiger partial charge in [0, 0.05) is 18.2 Å². The number of aryl methyl sites for hydroxylation is 1. The van der Waals surface area contributed by atoms with E-state index < -0.39 is 12.1 Å². The number of carboxylic acid groups (broad SMARTS) is 1. The number of fused-ring (bicyclic) bond motifs is 1. The summed E-state index contributed by atoms with van der Waals surface area (Å²) in [6.07, 6.45) is 4.28. The maximum Gasteiger partial charge on any atom is 0.328 e. The van der Waals surface area contributed by atoms with Crippen molar-refractivity contribution in [3.8, 4) is 0 Å². The van der Waals surface area contributed by atoms with Gasteiger partial charge in [0.05, 0.1) is 18.8 Å². The molecule has 0 amide bonds. The van der Waals surface area contributed by atoms with Crippen LogP contribution in [0.5, 0.6) is 0 Å². The molecule has 1 aliphatic rings. The van der Waals surface area contributed by atoms with E-state index in [-0.39, 0.29) is 18.2 Å². The predicted molar refractivity (Wildman–Crippen MR) is 141 cm³/mol. The second kappa shape index (κ2) is 12.0. The molecule has 190 valence electrons. The summed E-state index contributed by atoms with van der Waals surface area (Å²) in [5.41, 5.74) is 6.54. The van der Waals surface area contributed by atoms with E-state index in [0.29, 0.717) is 18.9 Å². The molecular formula is C30H41NO4. The molecule has 0 radical (unpaired) electrons. The lowest BCUT2D eigenvalue weighted by Gasteiger charge is -2.31. The van der Waals surface area contributed by atoms with Gasteiger partial charge in [-0.3, -0.25) is 0 Å². The number of benzene rings is 2.